The number of hydrogen-bond donors (Lipinski definition) is 0. The molecule has 0 bridgehead atoms. The fourth-order valence-electron chi connectivity index (χ4n) is 3.11. The van der Waals surface area contributed by atoms with Crippen molar-refractivity contribution in [3.63, 3.8) is 0 Å². The number of hydrogen-bond acceptors (Lipinski definition) is 2. The van der Waals surface area contributed by atoms with Crippen LogP contribution < -0.4 is 4.31 Å². The Kier molecular flexibility index (Phi) is 5.47. The summed E-state index contributed by atoms with van der Waals surface area (Å²) in [6.07, 6.45) is 0. The highest BCUT2D eigenvalue weighted by Crippen LogP contribution is 2.35. The van der Waals surface area contributed by atoms with Gasteiger partial charge in [0, 0.05) is 5.56 Å². The van der Waals surface area contributed by atoms with Crippen LogP contribution >= 0.6 is 0 Å². The minimum Gasteiger partial charge on any atom is -0.259 e. The average Bonchev–Trinajstić information content (AvgIpc) is 2.63. The second-order valence-corrected chi connectivity index (χ2v) is 8.17. The lowest BCUT2D eigenvalue weighted by atomic mass is 10.1. The Hall–Kier alpha value is -2.80. The van der Waals surface area contributed by atoms with Crippen LogP contribution in [0, 0.1) is 24.4 Å². The van der Waals surface area contributed by atoms with Gasteiger partial charge in [-0.25, -0.2) is 21.6 Å². The highest BCUT2D eigenvalue weighted by atomic mass is 32.2. The molecule has 0 fully saturated rings. The first-order valence-electron chi connectivity index (χ1n) is 8.52. The number of nitrogens with zero attached hydrogens (tertiary/aromatic N) is 1. The molecule has 0 saturated carbocycles. The second-order valence-electron chi connectivity index (χ2n) is 6.38. The van der Waals surface area contributed by atoms with Gasteiger partial charge in [-0.05, 0) is 67.9 Å². The van der Waals surface area contributed by atoms with Crippen LogP contribution in [0.1, 0.15) is 24.1 Å². The zero-order valence-electron chi connectivity index (χ0n) is 15.2. The molecule has 0 aliphatic carbocycles. The van der Waals surface area contributed by atoms with Crippen LogP contribution in [0.25, 0.3) is 0 Å². The zero-order chi connectivity index (χ0) is 20.5. The van der Waals surface area contributed by atoms with Crippen LogP contribution in [0.5, 0.6) is 0 Å². The van der Waals surface area contributed by atoms with Crippen molar-refractivity contribution in [2.75, 3.05) is 4.31 Å². The van der Waals surface area contributed by atoms with Crippen molar-refractivity contribution in [1.29, 1.82) is 0 Å². The number of rotatable bonds is 5. The van der Waals surface area contributed by atoms with Gasteiger partial charge in [0.2, 0.25) is 0 Å². The molecule has 0 amide bonds. The molecule has 0 N–H and O–H groups in total. The standard InChI is InChI=1S/C21H18F3NO2S/c1-14-13-17(23)9-12-21(14)28(26,27)25(18-10-7-16(22)8-11-18)15(2)19-5-3-4-6-20(19)24/h3-13,15H,1-2H3. The predicted octanol–water partition coefficient (Wildman–Crippen LogP) is 5.37. The molecule has 1 atom stereocenters. The molecule has 146 valence electrons. The summed E-state index contributed by atoms with van der Waals surface area (Å²) < 4.78 is 69.2. The van der Waals surface area contributed by atoms with Crippen molar-refractivity contribution >= 4 is 15.7 Å². The molecule has 0 radical (unpaired) electrons. The largest absolute Gasteiger partial charge is 0.265 e. The highest BCUT2D eigenvalue weighted by molar-refractivity contribution is 7.92. The van der Waals surface area contributed by atoms with Crippen molar-refractivity contribution in [3.05, 3.63) is 95.3 Å². The van der Waals surface area contributed by atoms with Crippen LogP contribution in [-0.2, 0) is 10.0 Å². The number of sulfonamides is 1. The van der Waals surface area contributed by atoms with E-state index in [1.165, 1.54) is 50.2 Å². The summed E-state index contributed by atoms with van der Waals surface area (Å²) in [7, 11) is -4.20. The molecule has 3 nitrogen and oxygen atoms in total. The van der Waals surface area contributed by atoms with Crippen LogP contribution in [0.3, 0.4) is 0 Å². The lowest BCUT2D eigenvalue weighted by molar-refractivity contribution is 0.568. The Morgan fingerprint density at radius 3 is 2.07 bits per heavy atom. The third-order valence-corrected chi connectivity index (χ3v) is 6.52. The van der Waals surface area contributed by atoms with Gasteiger partial charge in [-0.2, -0.15) is 0 Å². The SMILES string of the molecule is Cc1cc(F)ccc1S(=O)(=O)N(c1ccc(F)cc1)C(C)c1ccccc1F. The summed E-state index contributed by atoms with van der Waals surface area (Å²) in [5.41, 5.74) is 0.545. The normalized spacial score (nSPS) is 12.6. The Labute approximate surface area is 162 Å². The maximum atomic E-state index is 14.4. The van der Waals surface area contributed by atoms with Gasteiger partial charge in [0.05, 0.1) is 16.6 Å². The number of aryl methyl sites for hydroxylation is 1. The number of benzene rings is 3. The first-order valence-corrected chi connectivity index (χ1v) is 9.96. The van der Waals surface area contributed by atoms with Gasteiger partial charge in [0.25, 0.3) is 10.0 Å². The maximum Gasteiger partial charge on any atom is 0.265 e. The lowest BCUT2D eigenvalue weighted by Crippen LogP contribution is -2.34. The smallest absolute Gasteiger partial charge is 0.259 e. The van der Waals surface area contributed by atoms with E-state index in [-0.39, 0.29) is 21.7 Å². The first-order chi connectivity index (χ1) is 13.2. The van der Waals surface area contributed by atoms with Gasteiger partial charge in [-0.3, -0.25) is 4.31 Å². The Morgan fingerprint density at radius 2 is 1.46 bits per heavy atom. The highest BCUT2D eigenvalue weighted by Gasteiger charge is 2.32. The number of halogens is 3. The molecule has 3 rings (SSSR count). The molecule has 3 aromatic carbocycles. The molecule has 7 heteroatoms. The maximum absolute atomic E-state index is 14.4. The molecule has 0 saturated heterocycles. The predicted molar refractivity (Wildman–Crippen MR) is 102 cm³/mol. The third-order valence-electron chi connectivity index (χ3n) is 4.46. The minimum atomic E-state index is -4.20. The van der Waals surface area contributed by atoms with Crippen LogP contribution in [0.2, 0.25) is 0 Å². The van der Waals surface area contributed by atoms with Crippen molar-refractivity contribution in [2.45, 2.75) is 24.8 Å². The molecule has 0 aliphatic heterocycles. The molecule has 1 unspecified atom stereocenters. The Balaban J connectivity index is 2.21. The van der Waals surface area contributed by atoms with E-state index in [2.05, 4.69) is 0 Å². The van der Waals surface area contributed by atoms with E-state index in [0.717, 1.165) is 28.6 Å². The van der Waals surface area contributed by atoms with Gasteiger partial charge in [-0.1, -0.05) is 18.2 Å². The van der Waals surface area contributed by atoms with E-state index in [0.29, 0.717) is 0 Å². The van der Waals surface area contributed by atoms with E-state index >= 15 is 0 Å². The first kappa shape index (κ1) is 19.9. The van der Waals surface area contributed by atoms with E-state index in [1.54, 1.807) is 6.07 Å². The minimum absolute atomic E-state index is 0.110. The van der Waals surface area contributed by atoms with Crippen molar-refractivity contribution in [3.8, 4) is 0 Å². The van der Waals surface area contributed by atoms with Gasteiger partial charge in [-0.15, -0.1) is 0 Å². The summed E-state index contributed by atoms with van der Waals surface area (Å²) >= 11 is 0. The molecule has 3 aromatic rings. The van der Waals surface area contributed by atoms with E-state index in [1.807, 2.05) is 0 Å². The molecule has 0 heterocycles. The quantitative estimate of drug-likeness (QED) is 0.572. The fourth-order valence-corrected chi connectivity index (χ4v) is 4.95. The summed E-state index contributed by atoms with van der Waals surface area (Å²) in [5.74, 6) is -1.65. The average molecular weight is 405 g/mol. The lowest BCUT2D eigenvalue weighted by Gasteiger charge is -2.31. The van der Waals surface area contributed by atoms with Gasteiger partial charge in [0.15, 0.2) is 0 Å². The summed E-state index contributed by atoms with van der Waals surface area (Å²) in [4.78, 5) is -0.110. The molecule has 0 aromatic heterocycles. The van der Waals surface area contributed by atoms with Gasteiger partial charge >= 0.3 is 0 Å². The molecule has 28 heavy (non-hydrogen) atoms. The van der Waals surface area contributed by atoms with Crippen LogP contribution in [0.4, 0.5) is 18.9 Å². The third kappa shape index (κ3) is 3.75. The molecule has 0 aliphatic rings. The van der Waals surface area contributed by atoms with Gasteiger partial charge < -0.3 is 0 Å². The van der Waals surface area contributed by atoms with Crippen molar-refractivity contribution < 1.29 is 21.6 Å². The topological polar surface area (TPSA) is 37.4 Å². The fraction of sp³-hybridized carbons (Fsp3) is 0.143. The van der Waals surface area contributed by atoms with Crippen molar-refractivity contribution in [1.82, 2.24) is 0 Å². The van der Waals surface area contributed by atoms with E-state index in [9.17, 15) is 21.6 Å². The second kappa shape index (κ2) is 7.67. The van der Waals surface area contributed by atoms with E-state index < -0.39 is 33.5 Å². The van der Waals surface area contributed by atoms with Crippen LogP contribution in [-0.4, -0.2) is 8.42 Å². The molecular weight excluding hydrogens is 387 g/mol. The summed E-state index contributed by atoms with van der Waals surface area (Å²) in [6, 6.07) is 13.1. The van der Waals surface area contributed by atoms with Gasteiger partial charge in [0.1, 0.15) is 17.5 Å². The van der Waals surface area contributed by atoms with E-state index in [4.69, 9.17) is 0 Å². The molecular formula is C21H18F3NO2S. The summed E-state index contributed by atoms with van der Waals surface area (Å²) in [6.45, 7) is 3.02. The Bertz CT molecular complexity index is 1100. The Morgan fingerprint density at radius 1 is 0.857 bits per heavy atom. The van der Waals surface area contributed by atoms with Crippen LogP contribution in [0.15, 0.2) is 71.6 Å². The monoisotopic (exact) mass is 405 g/mol. The zero-order valence-corrected chi connectivity index (χ0v) is 16.1. The number of anilines is 1. The molecule has 0 spiro atoms. The summed E-state index contributed by atoms with van der Waals surface area (Å²) in [5, 5.41) is 0. The van der Waals surface area contributed by atoms with Crippen molar-refractivity contribution in [2.24, 2.45) is 0 Å².